The van der Waals surface area contributed by atoms with Gasteiger partial charge in [0, 0.05) is 20.0 Å². The summed E-state index contributed by atoms with van der Waals surface area (Å²) in [4.78, 5) is 12.8. The molecule has 0 aliphatic carbocycles. The fraction of sp³-hybridized carbons (Fsp3) is 0.667. The Kier molecular flexibility index (Phi) is 4.65. The summed E-state index contributed by atoms with van der Waals surface area (Å²) in [6.07, 6.45) is 0.637. The van der Waals surface area contributed by atoms with Gasteiger partial charge in [-0.05, 0) is 20.8 Å². The highest BCUT2D eigenvalue weighted by Crippen LogP contribution is 2.12. The molecule has 0 aliphatic heterocycles. The first-order valence-corrected chi connectivity index (χ1v) is 6.50. The van der Waals surface area contributed by atoms with Crippen molar-refractivity contribution < 1.29 is 19.2 Å². The van der Waals surface area contributed by atoms with Gasteiger partial charge in [-0.3, -0.25) is 0 Å². The summed E-state index contributed by atoms with van der Waals surface area (Å²) in [5.41, 5.74) is 2.47. The van der Waals surface area contributed by atoms with Gasteiger partial charge in [0.1, 0.15) is 5.60 Å². The number of aliphatic hydroxyl groups excluding tert-OH is 1. The van der Waals surface area contributed by atoms with Crippen LogP contribution in [0.25, 0.3) is 0 Å². The molecule has 4 nitrogen and oxygen atoms in total. The van der Waals surface area contributed by atoms with Crippen LogP contribution in [0.2, 0.25) is 0 Å². The van der Waals surface area contributed by atoms with E-state index in [1.807, 2.05) is 37.8 Å². The van der Waals surface area contributed by atoms with Gasteiger partial charge in [-0.25, -0.2) is 4.79 Å². The van der Waals surface area contributed by atoms with Crippen LogP contribution in [0.4, 0.5) is 0 Å². The summed E-state index contributed by atoms with van der Waals surface area (Å²) in [5, 5.41) is 8.89. The fourth-order valence-electron chi connectivity index (χ4n) is 1.46. The first kappa shape index (κ1) is 14.1. The zero-order valence-electron chi connectivity index (χ0n) is 10.8. The molecule has 0 aliphatic rings. The van der Waals surface area contributed by atoms with Gasteiger partial charge in [-0.2, -0.15) is 4.57 Å². The van der Waals surface area contributed by atoms with Gasteiger partial charge in [-0.15, -0.1) is 0 Å². The molecule has 0 radical (unpaired) electrons. The van der Waals surface area contributed by atoms with Crippen LogP contribution in [0.3, 0.4) is 0 Å². The Hall–Kier alpha value is -0.940. The van der Waals surface area contributed by atoms with E-state index in [1.165, 1.54) is 0 Å². The van der Waals surface area contributed by atoms with Crippen LogP contribution in [0.5, 0.6) is 0 Å². The molecule has 0 spiro atoms. The zero-order valence-corrected chi connectivity index (χ0v) is 11.6. The van der Waals surface area contributed by atoms with E-state index in [0.29, 0.717) is 6.42 Å². The molecule has 0 unspecified atom stereocenters. The van der Waals surface area contributed by atoms with Gasteiger partial charge < -0.3 is 9.84 Å². The lowest BCUT2D eigenvalue weighted by atomic mass is 10.2. The predicted molar refractivity (Wildman–Crippen MR) is 65.9 cm³/mol. The minimum Gasteiger partial charge on any atom is -0.455 e. The number of aromatic nitrogens is 1. The van der Waals surface area contributed by atoms with Crippen LogP contribution in [0, 0.1) is 6.92 Å². The smallest absolute Gasteiger partial charge is 0.373 e. The molecule has 0 atom stereocenters. The van der Waals surface area contributed by atoms with Gasteiger partial charge in [-0.1, -0.05) is 11.3 Å². The molecule has 0 aromatic carbocycles. The van der Waals surface area contributed by atoms with Crippen LogP contribution in [0.15, 0.2) is 5.51 Å². The fourth-order valence-corrected chi connectivity index (χ4v) is 2.45. The zero-order chi connectivity index (χ0) is 13.1. The molecule has 1 aromatic rings. The summed E-state index contributed by atoms with van der Waals surface area (Å²) in [5.74, 6) is -0.237. The van der Waals surface area contributed by atoms with Gasteiger partial charge in [0.15, 0.2) is 5.69 Å². The molecule has 0 amide bonds. The molecule has 0 fully saturated rings. The topological polar surface area (TPSA) is 50.4 Å². The maximum atomic E-state index is 11.7. The number of aliphatic hydroxyl groups is 1. The van der Waals surface area contributed by atoms with Crippen molar-refractivity contribution in [1.82, 2.24) is 0 Å². The van der Waals surface area contributed by atoms with Crippen molar-refractivity contribution in [2.45, 2.75) is 46.3 Å². The highest BCUT2D eigenvalue weighted by Gasteiger charge is 2.22. The Bertz CT molecular complexity index is 393. The van der Waals surface area contributed by atoms with Crippen molar-refractivity contribution in [3.63, 3.8) is 0 Å². The maximum absolute atomic E-state index is 11.7. The number of thiazole rings is 1. The van der Waals surface area contributed by atoms with Gasteiger partial charge in [0.25, 0.3) is 0 Å². The minimum absolute atomic E-state index is 0.133. The summed E-state index contributed by atoms with van der Waals surface area (Å²) in [6, 6.07) is 0. The SMILES string of the molecule is Cc1c(CCO)sc[n+]1CC(=O)OC(C)(C)C. The molecule has 1 aromatic heterocycles. The van der Waals surface area contributed by atoms with Gasteiger partial charge in [0.2, 0.25) is 12.1 Å². The van der Waals surface area contributed by atoms with E-state index in [0.717, 1.165) is 10.6 Å². The number of esters is 1. The standard InChI is InChI=1S/C12H20NO3S/c1-9-10(5-6-14)17-8-13(9)7-11(15)16-12(2,3)4/h8,14H,5-7H2,1-4H3/q+1. The number of carbonyl (C=O) groups excluding carboxylic acids is 1. The Balaban J connectivity index is 2.66. The molecule has 17 heavy (non-hydrogen) atoms. The van der Waals surface area contributed by atoms with Crippen molar-refractivity contribution in [3.05, 3.63) is 16.1 Å². The van der Waals surface area contributed by atoms with Gasteiger partial charge in [0.05, 0.1) is 4.88 Å². The number of carbonyl (C=O) groups is 1. The average molecular weight is 258 g/mol. The quantitative estimate of drug-likeness (QED) is 0.652. The predicted octanol–water partition coefficient (Wildman–Crippen LogP) is 1.22. The maximum Gasteiger partial charge on any atom is 0.373 e. The van der Waals surface area contributed by atoms with E-state index in [1.54, 1.807) is 11.3 Å². The van der Waals surface area contributed by atoms with E-state index in [-0.39, 0.29) is 19.1 Å². The molecule has 0 bridgehead atoms. The lowest BCUT2D eigenvalue weighted by Crippen LogP contribution is -2.41. The summed E-state index contributed by atoms with van der Waals surface area (Å²) < 4.78 is 7.13. The van der Waals surface area contributed by atoms with E-state index in [2.05, 4.69) is 0 Å². The van der Waals surface area contributed by atoms with Crippen molar-refractivity contribution in [2.24, 2.45) is 0 Å². The molecule has 1 heterocycles. The Morgan fingerprint density at radius 3 is 2.71 bits per heavy atom. The third-order valence-corrected chi connectivity index (χ3v) is 3.36. The Morgan fingerprint density at radius 2 is 2.18 bits per heavy atom. The monoisotopic (exact) mass is 258 g/mol. The molecular weight excluding hydrogens is 238 g/mol. The van der Waals surface area contributed by atoms with Crippen LogP contribution >= 0.6 is 11.3 Å². The largest absolute Gasteiger partial charge is 0.455 e. The van der Waals surface area contributed by atoms with Crippen LogP contribution in [-0.2, 0) is 22.5 Å². The molecule has 0 saturated heterocycles. The number of hydrogen-bond acceptors (Lipinski definition) is 4. The number of ether oxygens (including phenoxy) is 1. The highest BCUT2D eigenvalue weighted by atomic mass is 32.1. The minimum atomic E-state index is -0.449. The summed E-state index contributed by atoms with van der Waals surface area (Å²) >= 11 is 1.56. The van der Waals surface area contributed by atoms with Crippen molar-refractivity contribution in [1.29, 1.82) is 0 Å². The second kappa shape index (κ2) is 5.60. The second-order valence-electron chi connectivity index (χ2n) is 4.92. The molecule has 96 valence electrons. The number of nitrogens with zero attached hydrogens (tertiary/aromatic N) is 1. The normalized spacial score (nSPS) is 11.6. The van der Waals surface area contributed by atoms with Crippen LogP contribution in [0.1, 0.15) is 31.3 Å². The van der Waals surface area contributed by atoms with Crippen molar-refractivity contribution in [2.75, 3.05) is 6.61 Å². The Morgan fingerprint density at radius 1 is 1.53 bits per heavy atom. The second-order valence-corrected chi connectivity index (χ2v) is 5.86. The van der Waals surface area contributed by atoms with E-state index >= 15 is 0 Å². The average Bonchev–Trinajstić information content (AvgIpc) is 2.47. The number of rotatable bonds is 4. The van der Waals surface area contributed by atoms with E-state index in [4.69, 9.17) is 9.84 Å². The van der Waals surface area contributed by atoms with Crippen LogP contribution < -0.4 is 4.57 Å². The first-order valence-electron chi connectivity index (χ1n) is 5.62. The molecule has 1 rings (SSSR count). The molecule has 1 N–H and O–H groups in total. The first-order chi connectivity index (χ1) is 7.83. The summed E-state index contributed by atoms with van der Waals surface area (Å²) in [7, 11) is 0. The third-order valence-electron chi connectivity index (χ3n) is 2.21. The van der Waals surface area contributed by atoms with Crippen molar-refractivity contribution >= 4 is 17.3 Å². The van der Waals surface area contributed by atoms with Crippen LogP contribution in [-0.4, -0.2) is 23.3 Å². The molecular formula is C12H20NO3S+. The van der Waals surface area contributed by atoms with E-state index in [9.17, 15) is 4.79 Å². The van der Waals surface area contributed by atoms with Crippen molar-refractivity contribution in [3.8, 4) is 0 Å². The lowest BCUT2D eigenvalue weighted by molar-refractivity contribution is -0.687. The third kappa shape index (κ3) is 4.44. The number of hydrogen-bond donors (Lipinski definition) is 1. The lowest BCUT2D eigenvalue weighted by Gasteiger charge is -2.18. The molecule has 5 heteroatoms. The summed E-state index contributed by atoms with van der Waals surface area (Å²) in [6.45, 7) is 7.87. The molecule has 0 saturated carbocycles. The van der Waals surface area contributed by atoms with Gasteiger partial charge >= 0.3 is 5.97 Å². The highest BCUT2D eigenvalue weighted by molar-refractivity contribution is 7.09. The van der Waals surface area contributed by atoms with E-state index < -0.39 is 5.60 Å². The Labute approximate surface area is 106 Å².